The number of aromatic hydroxyl groups is 1. The van der Waals surface area contributed by atoms with Gasteiger partial charge in [0.2, 0.25) is 0 Å². The van der Waals surface area contributed by atoms with Gasteiger partial charge in [0.05, 0.1) is 22.5 Å². The zero-order valence-corrected chi connectivity index (χ0v) is 17.4. The number of ether oxygens (including phenoxy) is 1. The molecule has 6 nitrogen and oxygen atoms in total. The van der Waals surface area contributed by atoms with Crippen LogP contribution in [0.1, 0.15) is 40.1 Å². The van der Waals surface area contributed by atoms with Crippen LogP contribution in [0.4, 0.5) is 0 Å². The normalized spacial score (nSPS) is 13.6. The number of carbonyl (C=O) groups excluding carboxylic acids is 1. The molecular formula is C21H19IN2O4. The Balaban J connectivity index is 1.68. The molecule has 7 heteroatoms. The van der Waals surface area contributed by atoms with Gasteiger partial charge in [-0.3, -0.25) is 4.79 Å². The van der Waals surface area contributed by atoms with Crippen molar-refractivity contribution in [1.82, 2.24) is 5.43 Å². The van der Waals surface area contributed by atoms with Gasteiger partial charge in [0.1, 0.15) is 22.8 Å². The summed E-state index contributed by atoms with van der Waals surface area (Å²) in [4.78, 5) is 12.4. The largest absolute Gasteiger partial charge is 0.506 e. The number of halogens is 1. The van der Waals surface area contributed by atoms with Gasteiger partial charge in [-0.25, -0.2) is 5.43 Å². The number of phenolic OH excluding ortho intramolecular Hbond substituents is 1. The monoisotopic (exact) mass is 490 g/mol. The predicted octanol–water partition coefficient (Wildman–Crippen LogP) is 4.39. The third kappa shape index (κ3) is 3.34. The number of rotatable bonds is 4. The predicted molar refractivity (Wildman–Crippen MR) is 115 cm³/mol. The molecule has 28 heavy (non-hydrogen) atoms. The number of amides is 1. The minimum Gasteiger partial charge on any atom is -0.506 e. The van der Waals surface area contributed by atoms with Crippen LogP contribution in [-0.4, -0.2) is 24.3 Å². The number of aryl methyl sites for hydroxylation is 2. The third-order valence-corrected chi connectivity index (χ3v) is 5.74. The van der Waals surface area contributed by atoms with Crippen molar-refractivity contribution in [2.75, 3.05) is 7.11 Å². The summed E-state index contributed by atoms with van der Waals surface area (Å²) in [7, 11) is 1.51. The fourth-order valence-electron chi connectivity index (χ4n) is 3.59. The van der Waals surface area contributed by atoms with Crippen LogP contribution in [0.3, 0.4) is 0 Å². The first-order valence-electron chi connectivity index (χ1n) is 9.02. The molecule has 0 radical (unpaired) electrons. The zero-order valence-electron chi connectivity index (χ0n) is 15.3. The Bertz CT molecular complexity index is 1090. The third-order valence-electron chi connectivity index (χ3n) is 4.92. The summed E-state index contributed by atoms with van der Waals surface area (Å²) in [6, 6.07) is 8.77. The van der Waals surface area contributed by atoms with Crippen molar-refractivity contribution < 1.29 is 19.1 Å². The van der Waals surface area contributed by atoms with Gasteiger partial charge in [-0.2, -0.15) is 5.10 Å². The van der Waals surface area contributed by atoms with Crippen molar-refractivity contribution in [3.8, 4) is 11.5 Å². The maximum absolute atomic E-state index is 12.4. The van der Waals surface area contributed by atoms with Crippen LogP contribution in [0.15, 0.2) is 39.9 Å². The first kappa shape index (κ1) is 18.8. The van der Waals surface area contributed by atoms with Gasteiger partial charge in [-0.1, -0.05) is 12.1 Å². The second kappa shape index (κ2) is 7.83. The number of benzene rings is 2. The summed E-state index contributed by atoms with van der Waals surface area (Å²) in [5, 5.41) is 15.6. The van der Waals surface area contributed by atoms with E-state index in [0.29, 0.717) is 20.4 Å². The molecule has 0 aliphatic heterocycles. The highest BCUT2D eigenvalue weighted by Gasteiger charge is 2.23. The Morgan fingerprint density at radius 3 is 2.93 bits per heavy atom. The van der Waals surface area contributed by atoms with Gasteiger partial charge in [-0.15, -0.1) is 0 Å². The van der Waals surface area contributed by atoms with E-state index in [0.717, 1.165) is 48.0 Å². The van der Waals surface area contributed by atoms with Gasteiger partial charge in [-0.05, 0) is 60.1 Å². The maximum Gasteiger partial charge on any atom is 0.275 e. The second-order valence-electron chi connectivity index (χ2n) is 6.60. The van der Waals surface area contributed by atoms with Crippen molar-refractivity contribution in [2.24, 2.45) is 5.10 Å². The summed E-state index contributed by atoms with van der Waals surface area (Å²) in [5.74, 6) is 1.20. The van der Waals surface area contributed by atoms with E-state index in [2.05, 4.69) is 33.1 Å². The summed E-state index contributed by atoms with van der Waals surface area (Å²) >= 11 is 2.07. The number of hydrazone groups is 1. The maximum atomic E-state index is 12.4. The highest BCUT2D eigenvalue weighted by atomic mass is 127. The van der Waals surface area contributed by atoms with Gasteiger partial charge in [0.15, 0.2) is 0 Å². The molecule has 1 aromatic heterocycles. The van der Waals surface area contributed by atoms with Crippen molar-refractivity contribution in [2.45, 2.75) is 25.7 Å². The van der Waals surface area contributed by atoms with Crippen molar-refractivity contribution in [3.05, 3.63) is 56.4 Å². The lowest BCUT2D eigenvalue weighted by Gasteiger charge is -2.10. The lowest BCUT2D eigenvalue weighted by atomic mass is 9.94. The first-order valence-corrected chi connectivity index (χ1v) is 10.1. The van der Waals surface area contributed by atoms with Crippen LogP contribution in [0.5, 0.6) is 11.5 Å². The number of hydrogen-bond donors (Lipinski definition) is 2. The molecule has 144 valence electrons. The fraction of sp³-hybridized carbons (Fsp3) is 0.238. The molecule has 0 spiro atoms. The molecule has 1 amide bonds. The summed E-state index contributed by atoms with van der Waals surface area (Å²) < 4.78 is 11.9. The highest BCUT2D eigenvalue weighted by Crippen LogP contribution is 2.39. The number of carbonyl (C=O) groups is 1. The quantitative estimate of drug-likeness (QED) is 0.323. The molecule has 0 saturated carbocycles. The van der Waals surface area contributed by atoms with Crippen molar-refractivity contribution in [3.63, 3.8) is 0 Å². The Labute approximate surface area is 175 Å². The Morgan fingerprint density at radius 1 is 1.32 bits per heavy atom. The Kier molecular flexibility index (Phi) is 5.25. The molecule has 1 aliphatic rings. The van der Waals surface area contributed by atoms with Gasteiger partial charge < -0.3 is 14.3 Å². The fourth-order valence-corrected chi connectivity index (χ4v) is 4.16. The topological polar surface area (TPSA) is 84.1 Å². The molecular weight excluding hydrogens is 471 g/mol. The summed E-state index contributed by atoms with van der Waals surface area (Å²) in [6.07, 6.45) is 5.50. The van der Waals surface area contributed by atoms with E-state index in [1.165, 1.54) is 13.3 Å². The molecule has 0 fully saturated rings. The lowest BCUT2D eigenvalue weighted by Crippen LogP contribution is -2.18. The Morgan fingerprint density at radius 2 is 2.11 bits per heavy atom. The average molecular weight is 490 g/mol. The molecule has 0 unspecified atom stereocenters. The summed E-state index contributed by atoms with van der Waals surface area (Å²) in [6.45, 7) is 0. The average Bonchev–Trinajstić information content (AvgIpc) is 3.08. The van der Waals surface area contributed by atoms with E-state index in [9.17, 15) is 9.90 Å². The van der Waals surface area contributed by atoms with E-state index in [1.807, 2.05) is 6.07 Å². The number of nitrogens with zero attached hydrogens (tertiary/aromatic N) is 1. The van der Waals surface area contributed by atoms with E-state index < -0.39 is 0 Å². The number of fused-ring (bicyclic) bond motifs is 3. The van der Waals surface area contributed by atoms with Crippen LogP contribution in [0.25, 0.3) is 11.0 Å². The molecule has 1 aliphatic carbocycles. The van der Waals surface area contributed by atoms with Gasteiger partial charge >= 0.3 is 0 Å². The van der Waals surface area contributed by atoms with Crippen molar-refractivity contribution in [1.29, 1.82) is 0 Å². The second-order valence-corrected chi connectivity index (χ2v) is 7.77. The van der Waals surface area contributed by atoms with Gasteiger partial charge in [0, 0.05) is 22.9 Å². The Hall–Kier alpha value is -2.55. The van der Waals surface area contributed by atoms with Crippen LogP contribution >= 0.6 is 22.6 Å². The number of phenols is 1. The molecule has 0 atom stereocenters. The number of furan rings is 1. The minimum absolute atomic E-state index is 0.137. The molecule has 2 aromatic carbocycles. The molecule has 3 aromatic rings. The first-order chi connectivity index (χ1) is 13.6. The molecule has 0 bridgehead atoms. The SMILES string of the molecule is COc1ccccc1C(=O)NN=Cc1c(O)c(I)cc2oc3c(c12)CCCC3. The van der Waals surface area contributed by atoms with E-state index in [-0.39, 0.29) is 11.7 Å². The van der Waals surface area contributed by atoms with Crippen LogP contribution in [0, 0.1) is 3.57 Å². The molecule has 1 heterocycles. The lowest BCUT2D eigenvalue weighted by molar-refractivity contribution is 0.0952. The van der Waals surface area contributed by atoms with Crippen LogP contribution in [0.2, 0.25) is 0 Å². The number of methoxy groups -OCH3 is 1. The number of hydrogen-bond acceptors (Lipinski definition) is 5. The zero-order chi connectivity index (χ0) is 19.7. The number of para-hydroxylation sites is 1. The number of nitrogens with one attached hydrogen (secondary N) is 1. The molecule has 2 N–H and O–H groups in total. The van der Waals surface area contributed by atoms with Crippen LogP contribution < -0.4 is 10.2 Å². The molecule has 4 rings (SSSR count). The minimum atomic E-state index is -0.385. The van der Waals surface area contributed by atoms with Crippen molar-refractivity contribution >= 4 is 45.7 Å². The van der Waals surface area contributed by atoms with E-state index in [1.54, 1.807) is 24.3 Å². The van der Waals surface area contributed by atoms with E-state index in [4.69, 9.17) is 9.15 Å². The standard InChI is InChI=1S/C21H19IN2O4/c1-27-16-8-4-3-7-13(16)21(26)24-23-11-14-19-12-6-2-5-9-17(12)28-18(19)10-15(22)20(14)25/h3-4,7-8,10-11,25H,2,5-6,9H2,1H3,(H,24,26). The van der Waals surface area contributed by atoms with Gasteiger partial charge in [0.25, 0.3) is 5.91 Å². The summed E-state index contributed by atoms with van der Waals surface area (Å²) in [5.41, 5.74) is 5.34. The highest BCUT2D eigenvalue weighted by molar-refractivity contribution is 14.1. The smallest absolute Gasteiger partial charge is 0.275 e. The molecule has 0 saturated heterocycles. The van der Waals surface area contributed by atoms with E-state index >= 15 is 0 Å². The van der Waals surface area contributed by atoms with Crippen LogP contribution in [-0.2, 0) is 12.8 Å².